The van der Waals surface area contributed by atoms with Crippen molar-refractivity contribution < 1.29 is 19.4 Å². The van der Waals surface area contributed by atoms with E-state index in [-0.39, 0.29) is 17.5 Å². The van der Waals surface area contributed by atoms with Crippen LogP contribution in [0.15, 0.2) is 23.8 Å². The lowest BCUT2D eigenvalue weighted by molar-refractivity contribution is -0.148. The lowest BCUT2D eigenvalue weighted by atomic mass is 9.47. The van der Waals surface area contributed by atoms with Crippen LogP contribution in [0.2, 0.25) is 0 Å². The Hall–Kier alpha value is -1.58. The van der Waals surface area contributed by atoms with Gasteiger partial charge in [0.05, 0.1) is 0 Å². The van der Waals surface area contributed by atoms with Gasteiger partial charge < -0.3 is 9.84 Å². The number of esters is 1. The predicted molar refractivity (Wildman–Crippen MR) is 117 cm³/mol. The van der Waals surface area contributed by atoms with Crippen molar-refractivity contribution in [3.05, 3.63) is 23.8 Å². The summed E-state index contributed by atoms with van der Waals surface area (Å²) in [5.41, 5.74) is 2.12. The molecule has 166 valence electrons. The summed E-state index contributed by atoms with van der Waals surface area (Å²) in [6.07, 6.45) is 15.0. The molecule has 4 aliphatic rings. The number of aliphatic carboxylic acids is 1. The number of carboxylic acids is 1. The molecule has 0 aromatic carbocycles. The highest BCUT2D eigenvalue weighted by molar-refractivity contribution is 5.79. The number of fused-ring (bicyclic) bond motifs is 5. The van der Waals surface area contributed by atoms with Crippen LogP contribution in [-0.4, -0.2) is 23.1 Å². The summed E-state index contributed by atoms with van der Waals surface area (Å²) in [4.78, 5) is 22.4. The van der Waals surface area contributed by atoms with Crippen LogP contribution >= 0.6 is 0 Å². The number of rotatable bonds is 4. The molecule has 3 saturated carbocycles. The molecular weight excluding hydrogens is 376 g/mol. The fourth-order valence-corrected chi connectivity index (χ4v) is 8.24. The van der Waals surface area contributed by atoms with Crippen LogP contribution in [0.4, 0.5) is 0 Å². The van der Waals surface area contributed by atoms with E-state index >= 15 is 0 Å². The molecule has 0 aliphatic heterocycles. The Balaban J connectivity index is 1.53. The Labute approximate surface area is 181 Å². The number of allylic oxidation sites excluding steroid dienone is 2. The largest absolute Gasteiger partial charge is 0.478 e. The average Bonchev–Trinajstić information content (AvgIpc) is 3.03. The van der Waals surface area contributed by atoms with Crippen molar-refractivity contribution in [3.63, 3.8) is 0 Å². The molecule has 30 heavy (non-hydrogen) atoms. The molecule has 4 rings (SSSR count). The van der Waals surface area contributed by atoms with Gasteiger partial charge in [0.25, 0.3) is 0 Å². The third-order valence-electron chi connectivity index (χ3n) is 9.64. The molecule has 8 atom stereocenters. The number of carbonyl (C=O) groups excluding carboxylic acids is 1. The van der Waals surface area contributed by atoms with E-state index in [1.807, 2.05) is 6.08 Å². The molecule has 0 saturated heterocycles. The summed E-state index contributed by atoms with van der Waals surface area (Å²) in [5.74, 6) is 2.11. The van der Waals surface area contributed by atoms with Crippen LogP contribution in [0, 0.1) is 40.4 Å². The Morgan fingerprint density at radius 3 is 2.63 bits per heavy atom. The first-order valence-electron chi connectivity index (χ1n) is 11.9. The second-order valence-electron chi connectivity index (χ2n) is 11.0. The number of carboxylic acid groups (broad SMARTS) is 1. The fourth-order valence-electron chi connectivity index (χ4n) is 8.24. The lowest BCUT2D eigenvalue weighted by Gasteiger charge is -2.58. The summed E-state index contributed by atoms with van der Waals surface area (Å²) >= 11 is 0. The first kappa shape index (κ1) is 21.6. The van der Waals surface area contributed by atoms with Crippen LogP contribution in [0.25, 0.3) is 0 Å². The molecular formula is C26H38O4. The van der Waals surface area contributed by atoms with E-state index < -0.39 is 5.97 Å². The highest BCUT2D eigenvalue weighted by Crippen LogP contribution is 2.67. The SMILES string of the molecule is CC(=O)O[C@H]1CC[C@@]2(C)C(=CC[C@H]3[C@@H]4CC[C@H]([C@H](C)/C=C/C(=O)O)[C@@]4(C)CC[C@@H]32)C1. The molecule has 4 heteroatoms. The molecule has 0 heterocycles. The second-order valence-corrected chi connectivity index (χ2v) is 11.0. The smallest absolute Gasteiger partial charge is 0.327 e. The second kappa shape index (κ2) is 7.84. The van der Waals surface area contributed by atoms with Crippen molar-refractivity contribution >= 4 is 11.9 Å². The highest BCUT2D eigenvalue weighted by atomic mass is 16.5. The van der Waals surface area contributed by atoms with Gasteiger partial charge in [-0.2, -0.15) is 0 Å². The van der Waals surface area contributed by atoms with E-state index in [9.17, 15) is 9.59 Å². The van der Waals surface area contributed by atoms with E-state index in [1.165, 1.54) is 44.3 Å². The summed E-state index contributed by atoms with van der Waals surface area (Å²) < 4.78 is 5.56. The maximum atomic E-state index is 11.4. The van der Waals surface area contributed by atoms with Crippen LogP contribution in [0.3, 0.4) is 0 Å². The van der Waals surface area contributed by atoms with Gasteiger partial charge in [-0.1, -0.05) is 38.5 Å². The molecule has 0 radical (unpaired) electrons. The van der Waals surface area contributed by atoms with Crippen LogP contribution in [0.5, 0.6) is 0 Å². The van der Waals surface area contributed by atoms with Crippen LogP contribution in [-0.2, 0) is 14.3 Å². The predicted octanol–water partition coefficient (Wildman–Crippen LogP) is 5.77. The Morgan fingerprint density at radius 2 is 1.93 bits per heavy atom. The normalized spacial score (nSPS) is 43.9. The van der Waals surface area contributed by atoms with Gasteiger partial charge in [0, 0.05) is 19.4 Å². The van der Waals surface area contributed by atoms with Gasteiger partial charge in [-0.25, -0.2) is 4.79 Å². The first-order valence-corrected chi connectivity index (χ1v) is 11.9. The van der Waals surface area contributed by atoms with Crippen LogP contribution in [0.1, 0.15) is 79.1 Å². The Morgan fingerprint density at radius 1 is 1.17 bits per heavy atom. The minimum atomic E-state index is -0.840. The summed E-state index contributed by atoms with van der Waals surface area (Å²) in [7, 11) is 0. The van der Waals surface area contributed by atoms with Crippen molar-refractivity contribution in [2.75, 3.05) is 0 Å². The van der Waals surface area contributed by atoms with Gasteiger partial charge in [-0.3, -0.25) is 4.79 Å². The van der Waals surface area contributed by atoms with Crippen molar-refractivity contribution in [1.82, 2.24) is 0 Å². The summed E-state index contributed by atoms with van der Waals surface area (Å²) in [5, 5.41) is 9.04. The third-order valence-corrected chi connectivity index (χ3v) is 9.64. The van der Waals surface area contributed by atoms with Crippen molar-refractivity contribution in [3.8, 4) is 0 Å². The summed E-state index contributed by atoms with van der Waals surface area (Å²) in [6, 6.07) is 0. The number of carbonyl (C=O) groups is 2. The van der Waals surface area contributed by atoms with E-state index in [2.05, 4.69) is 26.8 Å². The monoisotopic (exact) mass is 414 g/mol. The van der Waals surface area contributed by atoms with Gasteiger partial charge in [0.1, 0.15) is 6.10 Å². The molecule has 0 bridgehead atoms. The zero-order valence-electron chi connectivity index (χ0n) is 19.0. The molecule has 0 unspecified atom stereocenters. The van der Waals surface area contributed by atoms with E-state index in [1.54, 1.807) is 0 Å². The topological polar surface area (TPSA) is 63.6 Å². The molecule has 4 aliphatic carbocycles. The van der Waals surface area contributed by atoms with Crippen LogP contribution < -0.4 is 0 Å². The Kier molecular flexibility index (Phi) is 5.65. The van der Waals surface area contributed by atoms with E-state index in [0.717, 1.165) is 43.4 Å². The fraction of sp³-hybridized carbons (Fsp3) is 0.769. The molecule has 1 N–H and O–H groups in total. The Bertz CT molecular complexity index is 767. The number of hydrogen-bond donors (Lipinski definition) is 1. The minimum absolute atomic E-state index is 0.0602. The van der Waals surface area contributed by atoms with Gasteiger partial charge in [-0.15, -0.1) is 0 Å². The van der Waals surface area contributed by atoms with Crippen molar-refractivity contribution in [1.29, 1.82) is 0 Å². The molecule has 0 spiro atoms. The molecule has 4 nitrogen and oxygen atoms in total. The summed E-state index contributed by atoms with van der Waals surface area (Å²) in [6.45, 7) is 8.70. The standard InChI is InChI=1S/C26H38O4/c1-16(5-10-24(28)29)21-8-9-22-20-7-6-18-15-19(30-17(2)27)11-13-25(18,3)23(20)12-14-26(21,22)4/h5-6,10,16,19-23H,7-9,11-15H2,1-4H3,(H,28,29)/b10-5+/t16-,19+,20+,21-,22+,23+,25+,26-/m1/s1. The van der Waals surface area contributed by atoms with E-state index in [4.69, 9.17) is 9.84 Å². The zero-order valence-corrected chi connectivity index (χ0v) is 19.0. The van der Waals surface area contributed by atoms with Crippen molar-refractivity contribution in [2.45, 2.75) is 85.2 Å². The van der Waals surface area contributed by atoms with Gasteiger partial charge >= 0.3 is 11.9 Å². The van der Waals surface area contributed by atoms with Gasteiger partial charge in [0.15, 0.2) is 0 Å². The van der Waals surface area contributed by atoms with E-state index in [0.29, 0.717) is 17.3 Å². The molecule has 0 aromatic heterocycles. The quantitative estimate of drug-likeness (QED) is 0.360. The molecule has 0 amide bonds. The minimum Gasteiger partial charge on any atom is -0.478 e. The number of ether oxygens (including phenoxy) is 1. The van der Waals surface area contributed by atoms with Gasteiger partial charge in [-0.05, 0) is 85.4 Å². The third kappa shape index (κ3) is 3.54. The maximum Gasteiger partial charge on any atom is 0.327 e. The molecule has 3 fully saturated rings. The van der Waals surface area contributed by atoms with Crippen molar-refractivity contribution in [2.24, 2.45) is 40.4 Å². The average molecular weight is 415 g/mol. The maximum absolute atomic E-state index is 11.4. The highest BCUT2D eigenvalue weighted by Gasteiger charge is 2.59. The molecule has 0 aromatic rings. The zero-order chi connectivity index (χ0) is 21.7. The lowest BCUT2D eigenvalue weighted by Crippen LogP contribution is -2.51. The first-order chi connectivity index (χ1) is 14.1. The van der Waals surface area contributed by atoms with Gasteiger partial charge in [0.2, 0.25) is 0 Å². The number of hydrogen-bond acceptors (Lipinski definition) is 3.